The summed E-state index contributed by atoms with van der Waals surface area (Å²) >= 11 is 0. The first-order valence-corrected chi connectivity index (χ1v) is 11.4. The van der Waals surface area contributed by atoms with E-state index in [4.69, 9.17) is 4.74 Å². The van der Waals surface area contributed by atoms with Gasteiger partial charge in [0.05, 0.1) is 10.5 Å². The lowest BCUT2D eigenvalue weighted by atomic mass is 9.81. The van der Waals surface area contributed by atoms with Gasteiger partial charge in [-0.05, 0) is 50.2 Å². The molecule has 3 saturated heterocycles. The number of sulfonamides is 1. The number of hydrogen-bond donors (Lipinski definition) is 0. The van der Waals surface area contributed by atoms with Crippen LogP contribution in [0.15, 0.2) is 35.2 Å². The van der Waals surface area contributed by atoms with E-state index in [1.54, 1.807) is 28.6 Å². The van der Waals surface area contributed by atoms with Gasteiger partial charge in [0.1, 0.15) is 6.10 Å². The van der Waals surface area contributed by atoms with Gasteiger partial charge in [0.2, 0.25) is 10.0 Å². The van der Waals surface area contributed by atoms with Crippen LogP contribution in [0.3, 0.4) is 0 Å². The van der Waals surface area contributed by atoms with Gasteiger partial charge in [0.25, 0.3) is 5.91 Å². The summed E-state index contributed by atoms with van der Waals surface area (Å²) < 4.78 is 33.7. The Morgan fingerprint density at radius 3 is 2.48 bits per heavy atom. The second-order valence-corrected chi connectivity index (χ2v) is 10.0. The maximum absolute atomic E-state index is 12.9. The molecule has 0 N–H and O–H groups in total. The van der Waals surface area contributed by atoms with Crippen LogP contribution in [-0.2, 0) is 19.6 Å². The van der Waals surface area contributed by atoms with Crippen molar-refractivity contribution in [1.29, 1.82) is 0 Å². The summed E-state index contributed by atoms with van der Waals surface area (Å²) in [6.45, 7) is 4.60. The molecule has 0 saturated carbocycles. The zero-order valence-electron chi connectivity index (χ0n) is 15.8. The highest BCUT2D eigenvalue weighted by atomic mass is 32.2. The molecule has 3 atom stereocenters. The molecule has 3 aliphatic heterocycles. The average molecular weight is 393 g/mol. The largest absolute Gasteiger partial charge is 0.362 e. The molecule has 0 bridgehead atoms. The van der Waals surface area contributed by atoms with Crippen molar-refractivity contribution < 1.29 is 17.9 Å². The average Bonchev–Trinajstić information content (AvgIpc) is 3.35. The van der Waals surface area contributed by atoms with Crippen LogP contribution in [0.2, 0.25) is 0 Å². The Hall–Kier alpha value is -1.44. The highest BCUT2D eigenvalue weighted by Gasteiger charge is 2.51. The number of likely N-dealkylation sites (tertiary alicyclic amines) is 1. The summed E-state index contributed by atoms with van der Waals surface area (Å²) in [5, 5.41) is 0. The van der Waals surface area contributed by atoms with Gasteiger partial charge < -0.3 is 9.64 Å². The van der Waals surface area contributed by atoms with Crippen LogP contribution in [-0.4, -0.2) is 61.4 Å². The maximum Gasteiger partial charge on any atom is 0.251 e. The van der Waals surface area contributed by atoms with Gasteiger partial charge in [-0.15, -0.1) is 0 Å². The van der Waals surface area contributed by atoms with Gasteiger partial charge in [-0.1, -0.05) is 25.1 Å². The van der Waals surface area contributed by atoms with Gasteiger partial charge in [-0.3, -0.25) is 4.79 Å². The third-order valence-corrected chi connectivity index (χ3v) is 8.32. The number of ether oxygens (including phenoxy) is 1. The number of benzene rings is 1. The molecule has 1 aromatic rings. The third-order valence-electron chi connectivity index (χ3n) is 6.44. The predicted octanol–water partition coefficient (Wildman–Crippen LogP) is 2.26. The molecule has 4 rings (SSSR count). The molecule has 3 fully saturated rings. The van der Waals surface area contributed by atoms with E-state index in [1.807, 2.05) is 11.0 Å². The first-order valence-electron chi connectivity index (χ1n) is 9.94. The summed E-state index contributed by atoms with van der Waals surface area (Å²) in [6, 6.07) is 8.59. The van der Waals surface area contributed by atoms with Gasteiger partial charge in [-0.25, -0.2) is 8.42 Å². The number of rotatable bonds is 3. The fourth-order valence-corrected chi connectivity index (χ4v) is 6.27. The van der Waals surface area contributed by atoms with E-state index in [0.29, 0.717) is 24.4 Å². The lowest BCUT2D eigenvalue weighted by Gasteiger charge is -2.43. The lowest BCUT2D eigenvalue weighted by Crippen LogP contribution is -2.53. The van der Waals surface area contributed by atoms with E-state index in [9.17, 15) is 13.2 Å². The summed E-state index contributed by atoms with van der Waals surface area (Å²) in [5.74, 6) is 0.178. The van der Waals surface area contributed by atoms with Crippen LogP contribution in [0.25, 0.3) is 0 Å². The number of hydrogen-bond acceptors (Lipinski definition) is 4. The van der Waals surface area contributed by atoms with Crippen molar-refractivity contribution in [2.45, 2.75) is 55.6 Å². The van der Waals surface area contributed by atoms with Crippen LogP contribution in [0.5, 0.6) is 0 Å². The lowest BCUT2D eigenvalue weighted by molar-refractivity contribution is -0.154. The van der Waals surface area contributed by atoms with Crippen LogP contribution in [0.1, 0.15) is 39.0 Å². The topological polar surface area (TPSA) is 66.9 Å². The Kier molecular flexibility index (Phi) is 5.03. The predicted molar refractivity (Wildman–Crippen MR) is 102 cm³/mol. The van der Waals surface area contributed by atoms with E-state index in [-0.39, 0.29) is 23.5 Å². The second-order valence-electron chi connectivity index (χ2n) is 8.07. The molecule has 0 aromatic heterocycles. The van der Waals surface area contributed by atoms with E-state index in [0.717, 1.165) is 38.8 Å². The highest BCUT2D eigenvalue weighted by molar-refractivity contribution is 7.89. The van der Waals surface area contributed by atoms with Crippen molar-refractivity contribution in [3.05, 3.63) is 30.3 Å². The molecule has 3 heterocycles. The molecule has 3 aliphatic rings. The van der Waals surface area contributed by atoms with Crippen LogP contribution in [0.4, 0.5) is 0 Å². The number of amides is 1. The molecule has 0 aliphatic carbocycles. The van der Waals surface area contributed by atoms with Gasteiger partial charge in [-0.2, -0.15) is 4.31 Å². The van der Waals surface area contributed by atoms with Gasteiger partial charge in [0.15, 0.2) is 0 Å². The van der Waals surface area contributed by atoms with Crippen molar-refractivity contribution in [3.8, 4) is 0 Å². The fraction of sp³-hybridized carbons (Fsp3) is 0.650. The number of nitrogens with zero attached hydrogens (tertiary/aromatic N) is 2. The molecule has 3 unspecified atom stereocenters. The number of carbonyl (C=O) groups excluding carboxylic acids is 1. The first kappa shape index (κ1) is 18.9. The van der Waals surface area contributed by atoms with E-state index in [1.165, 1.54) is 0 Å². The van der Waals surface area contributed by atoms with Crippen molar-refractivity contribution >= 4 is 15.9 Å². The quantitative estimate of drug-likeness (QED) is 0.791. The highest BCUT2D eigenvalue weighted by Crippen LogP contribution is 2.43. The van der Waals surface area contributed by atoms with E-state index in [2.05, 4.69) is 6.92 Å². The minimum absolute atomic E-state index is 0.0566. The van der Waals surface area contributed by atoms with E-state index >= 15 is 0 Å². The molecule has 1 amide bonds. The minimum atomic E-state index is -3.48. The molecule has 7 heteroatoms. The summed E-state index contributed by atoms with van der Waals surface area (Å²) in [6.07, 6.45) is 4.01. The molecular weight excluding hydrogens is 364 g/mol. The van der Waals surface area contributed by atoms with Crippen molar-refractivity contribution in [2.75, 3.05) is 26.2 Å². The van der Waals surface area contributed by atoms with Crippen molar-refractivity contribution in [3.63, 3.8) is 0 Å². The normalized spacial score (nSPS) is 32.3. The zero-order chi connectivity index (χ0) is 19.1. The molecule has 1 aromatic carbocycles. The molecule has 1 spiro atoms. The summed E-state index contributed by atoms with van der Waals surface area (Å²) in [5.41, 5.74) is -0.372. The van der Waals surface area contributed by atoms with Gasteiger partial charge in [0, 0.05) is 26.2 Å². The van der Waals surface area contributed by atoms with Crippen molar-refractivity contribution in [1.82, 2.24) is 9.21 Å². The SMILES string of the molecule is CC1CN(S(=O)(=O)c2ccccc2)CCC12CCC(C(=O)N1CCCC1)O2. The second kappa shape index (κ2) is 7.18. The standard InChI is InChI=1S/C20H28N2O4S/c1-16-15-22(27(24,25)17-7-3-2-4-8-17)14-11-20(16)10-9-18(26-20)19(23)21-12-5-6-13-21/h2-4,7-8,16,18H,5-6,9-15H2,1H3. The maximum atomic E-state index is 12.9. The molecular formula is C20H28N2O4S. The minimum Gasteiger partial charge on any atom is -0.362 e. The fourth-order valence-electron chi connectivity index (χ4n) is 4.72. The molecule has 148 valence electrons. The summed E-state index contributed by atoms with van der Waals surface area (Å²) in [7, 11) is -3.48. The van der Waals surface area contributed by atoms with Crippen molar-refractivity contribution in [2.24, 2.45) is 5.92 Å². The Balaban J connectivity index is 1.44. The number of carbonyl (C=O) groups is 1. The third kappa shape index (κ3) is 3.41. The van der Waals surface area contributed by atoms with Gasteiger partial charge >= 0.3 is 0 Å². The molecule has 27 heavy (non-hydrogen) atoms. The first-order chi connectivity index (χ1) is 12.9. The Morgan fingerprint density at radius 2 is 1.81 bits per heavy atom. The Labute approximate surface area is 161 Å². The molecule has 0 radical (unpaired) electrons. The van der Waals surface area contributed by atoms with Crippen LogP contribution >= 0.6 is 0 Å². The summed E-state index contributed by atoms with van der Waals surface area (Å²) in [4.78, 5) is 14.9. The van der Waals surface area contributed by atoms with Crippen LogP contribution in [0, 0.1) is 5.92 Å². The number of piperidine rings is 1. The Morgan fingerprint density at radius 1 is 1.11 bits per heavy atom. The smallest absolute Gasteiger partial charge is 0.251 e. The van der Waals surface area contributed by atoms with E-state index < -0.39 is 10.0 Å². The molecule has 6 nitrogen and oxygen atoms in total. The zero-order valence-corrected chi connectivity index (χ0v) is 16.7. The monoisotopic (exact) mass is 392 g/mol. The van der Waals surface area contributed by atoms with Crippen LogP contribution < -0.4 is 0 Å². The Bertz CT molecular complexity index is 791.